The van der Waals surface area contributed by atoms with Crippen molar-refractivity contribution in [2.75, 3.05) is 5.32 Å². The topological polar surface area (TPSA) is 45.2 Å². The fourth-order valence-corrected chi connectivity index (χ4v) is 3.26. The second kappa shape index (κ2) is 6.96. The van der Waals surface area contributed by atoms with Crippen molar-refractivity contribution < 1.29 is 13.6 Å². The number of pyridine rings is 1. The molecular weight excluding hydrogens is 372 g/mol. The van der Waals surface area contributed by atoms with Gasteiger partial charge in [0.25, 0.3) is 5.91 Å². The van der Waals surface area contributed by atoms with Crippen LogP contribution in [0.2, 0.25) is 5.02 Å². The van der Waals surface area contributed by atoms with Crippen molar-refractivity contribution in [3.63, 3.8) is 0 Å². The molecule has 27 heavy (non-hydrogen) atoms. The van der Waals surface area contributed by atoms with Gasteiger partial charge in [-0.1, -0.05) is 23.7 Å². The summed E-state index contributed by atoms with van der Waals surface area (Å²) in [6.07, 6.45) is 1.06. The van der Waals surface area contributed by atoms with Gasteiger partial charge < -0.3 is 10.2 Å². The minimum Gasteiger partial charge on any atom is -0.360 e. The van der Waals surface area contributed by atoms with Crippen LogP contribution in [0.25, 0.3) is 0 Å². The van der Waals surface area contributed by atoms with Gasteiger partial charge in [0.1, 0.15) is 17.8 Å². The highest BCUT2D eigenvalue weighted by Crippen LogP contribution is 2.34. The van der Waals surface area contributed by atoms with Crippen LogP contribution in [0.1, 0.15) is 27.8 Å². The van der Waals surface area contributed by atoms with Crippen LogP contribution < -0.4 is 5.32 Å². The Balaban J connectivity index is 1.68. The van der Waals surface area contributed by atoms with Crippen molar-refractivity contribution >= 4 is 23.2 Å². The zero-order valence-corrected chi connectivity index (χ0v) is 14.8. The number of halogens is 3. The van der Waals surface area contributed by atoms with Crippen molar-refractivity contribution in [3.05, 3.63) is 94.3 Å². The maximum Gasteiger partial charge on any atom is 0.258 e. The number of rotatable bonds is 4. The minimum absolute atomic E-state index is 0.0179. The molecular formula is C20H14ClF2N3O. The summed E-state index contributed by atoms with van der Waals surface area (Å²) in [6.45, 7) is 0.266. The van der Waals surface area contributed by atoms with Gasteiger partial charge in [-0.05, 0) is 48.0 Å². The molecule has 0 spiro atoms. The quantitative estimate of drug-likeness (QED) is 0.703. The third-order valence-corrected chi connectivity index (χ3v) is 4.68. The molecule has 7 heteroatoms. The van der Waals surface area contributed by atoms with Gasteiger partial charge in [0.15, 0.2) is 0 Å². The van der Waals surface area contributed by atoms with E-state index in [1.165, 1.54) is 24.3 Å². The molecule has 0 aliphatic carbocycles. The Morgan fingerprint density at radius 3 is 2.63 bits per heavy atom. The van der Waals surface area contributed by atoms with Gasteiger partial charge in [0, 0.05) is 18.4 Å². The first kappa shape index (κ1) is 17.4. The van der Waals surface area contributed by atoms with Crippen LogP contribution >= 0.6 is 11.6 Å². The van der Waals surface area contributed by atoms with Crippen LogP contribution in [0.15, 0.2) is 60.8 Å². The van der Waals surface area contributed by atoms with Crippen molar-refractivity contribution in [3.8, 4) is 0 Å². The Morgan fingerprint density at radius 2 is 1.89 bits per heavy atom. The Morgan fingerprint density at radius 1 is 1.11 bits per heavy atom. The summed E-state index contributed by atoms with van der Waals surface area (Å²) in [5, 5.41) is 3.18. The SMILES string of the molecule is O=C1c2cccnc2[C@@H](Nc2ccc(F)c(Cl)c2)N1Cc1ccc(F)cc1. The fourth-order valence-electron chi connectivity index (χ4n) is 3.08. The first-order valence-corrected chi connectivity index (χ1v) is 8.62. The Labute approximate surface area is 159 Å². The van der Waals surface area contributed by atoms with Crippen LogP contribution in [0.4, 0.5) is 14.5 Å². The molecule has 1 N–H and O–H groups in total. The Bertz CT molecular complexity index is 1010. The number of carbonyl (C=O) groups excluding carboxylic acids is 1. The first-order valence-electron chi connectivity index (χ1n) is 8.25. The molecule has 1 amide bonds. The third kappa shape index (κ3) is 3.36. The molecule has 0 radical (unpaired) electrons. The van der Waals surface area contributed by atoms with Gasteiger partial charge in [0.2, 0.25) is 0 Å². The summed E-state index contributed by atoms with van der Waals surface area (Å²) in [7, 11) is 0. The zero-order valence-electron chi connectivity index (χ0n) is 14.0. The van der Waals surface area contributed by atoms with E-state index in [1.54, 1.807) is 41.4 Å². The number of nitrogens with zero attached hydrogens (tertiary/aromatic N) is 2. The number of amides is 1. The van der Waals surface area contributed by atoms with Gasteiger partial charge in [0.05, 0.1) is 16.3 Å². The molecule has 0 bridgehead atoms. The summed E-state index contributed by atoms with van der Waals surface area (Å²) in [5.74, 6) is -1.05. The zero-order chi connectivity index (χ0) is 19.0. The van der Waals surface area contributed by atoms with E-state index >= 15 is 0 Å². The summed E-state index contributed by atoms with van der Waals surface area (Å²) >= 11 is 5.86. The number of anilines is 1. The third-order valence-electron chi connectivity index (χ3n) is 4.39. The van der Waals surface area contributed by atoms with E-state index in [4.69, 9.17) is 11.6 Å². The van der Waals surface area contributed by atoms with E-state index in [9.17, 15) is 13.6 Å². The molecule has 1 aliphatic rings. The molecule has 2 aromatic carbocycles. The van der Waals surface area contributed by atoms with E-state index in [2.05, 4.69) is 10.3 Å². The highest BCUT2D eigenvalue weighted by Gasteiger charge is 2.37. The lowest BCUT2D eigenvalue weighted by atomic mass is 10.2. The van der Waals surface area contributed by atoms with Crippen molar-refractivity contribution in [2.45, 2.75) is 12.7 Å². The predicted octanol–water partition coefficient (Wildman–Crippen LogP) is 4.78. The van der Waals surface area contributed by atoms with Crippen molar-refractivity contribution in [1.82, 2.24) is 9.88 Å². The number of hydrogen-bond acceptors (Lipinski definition) is 3. The molecule has 0 saturated heterocycles. The van der Waals surface area contributed by atoms with Crippen LogP contribution in [-0.4, -0.2) is 15.8 Å². The lowest BCUT2D eigenvalue weighted by Crippen LogP contribution is -2.32. The standard InChI is InChI=1S/C20H14ClF2N3O/c21-16-10-14(7-8-17(16)23)25-19-18-15(2-1-9-24-18)20(27)26(19)11-12-3-5-13(22)6-4-12/h1-10,19,25H,11H2/t19-/m0/s1. The number of aromatic nitrogens is 1. The molecule has 3 aromatic rings. The number of hydrogen-bond donors (Lipinski definition) is 1. The molecule has 0 fully saturated rings. The van der Waals surface area contributed by atoms with E-state index in [0.29, 0.717) is 16.9 Å². The number of fused-ring (bicyclic) bond motifs is 1. The second-order valence-electron chi connectivity index (χ2n) is 6.17. The smallest absolute Gasteiger partial charge is 0.258 e. The molecule has 1 atom stereocenters. The molecule has 1 aromatic heterocycles. The van der Waals surface area contributed by atoms with Crippen molar-refractivity contribution in [2.24, 2.45) is 0 Å². The number of nitrogens with one attached hydrogen (secondary N) is 1. The molecule has 4 nitrogen and oxygen atoms in total. The van der Waals surface area contributed by atoms with E-state index in [1.807, 2.05) is 0 Å². The lowest BCUT2D eigenvalue weighted by molar-refractivity contribution is 0.0727. The summed E-state index contributed by atoms with van der Waals surface area (Å²) < 4.78 is 26.6. The average Bonchev–Trinajstić information content (AvgIpc) is 2.92. The minimum atomic E-state index is -0.555. The highest BCUT2D eigenvalue weighted by molar-refractivity contribution is 6.31. The molecule has 2 heterocycles. The van der Waals surface area contributed by atoms with Gasteiger partial charge in [-0.15, -0.1) is 0 Å². The summed E-state index contributed by atoms with van der Waals surface area (Å²) in [4.78, 5) is 18.8. The fraction of sp³-hybridized carbons (Fsp3) is 0.100. The maximum atomic E-state index is 13.4. The molecule has 136 valence electrons. The molecule has 0 saturated carbocycles. The molecule has 1 aliphatic heterocycles. The largest absolute Gasteiger partial charge is 0.360 e. The highest BCUT2D eigenvalue weighted by atomic mass is 35.5. The van der Waals surface area contributed by atoms with Crippen LogP contribution in [0.3, 0.4) is 0 Å². The predicted molar refractivity (Wildman–Crippen MR) is 98.3 cm³/mol. The van der Waals surface area contributed by atoms with Crippen LogP contribution in [0.5, 0.6) is 0 Å². The first-order chi connectivity index (χ1) is 13.0. The van der Waals surface area contributed by atoms with Gasteiger partial charge >= 0.3 is 0 Å². The van der Waals surface area contributed by atoms with E-state index in [0.717, 1.165) is 5.56 Å². The lowest BCUT2D eigenvalue weighted by Gasteiger charge is -2.26. The van der Waals surface area contributed by atoms with E-state index in [-0.39, 0.29) is 23.3 Å². The van der Waals surface area contributed by atoms with Crippen LogP contribution in [-0.2, 0) is 6.54 Å². The monoisotopic (exact) mass is 385 g/mol. The van der Waals surface area contributed by atoms with E-state index < -0.39 is 12.0 Å². The average molecular weight is 386 g/mol. The second-order valence-corrected chi connectivity index (χ2v) is 6.58. The van der Waals surface area contributed by atoms with Gasteiger partial charge in [-0.2, -0.15) is 0 Å². The normalized spacial score (nSPS) is 15.7. The molecule has 0 unspecified atom stereocenters. The van der Waals surface area contributed by atoms with Gasteiger partial charge in [-0.3, -0.25) is 9.78 Å². The Hall–Kier alpha value is -2.99. The molecule has 4 rings (SSSR count). The number of carbonyl (C=O) groups is 1. The van der Waals surface area contributed by atoms with Crippen molar-refractivity contribution in [1.29, 1.82) is 0 Å². The number of benzene rings is 2. The summed E-state index contributed by atoms with van der Waals surface area (Å²) in [5.41, 5.74) is 2.40. The Kier molecular flexibility index (Phi) is 4.49. The van der Waals surface area contributed by atoms with Gasteiger partial charge in [-0.25, -0.2) is 8.78 Å². The van der Waals surface area contributed by atoms with Crippen LogP contribution in [0, 0.1) is 11.6 Å². The summed E-state index contributed by atoms with van der Waals surface area (Å²) in [6, 6.07) is 13.6. The maximum absolute atomic E-state index is 13.4.